The molecule has 1 aromatic carbocycles. The van der Waals surface area contributed by atoms with Crippen LogP contribution in [0.3, 0.4) is 0 Å². The van der Waals surface area contributed by atoms with E-state index < -0.39 is 11.6 Å². The van der Waals surface area contributed by atoms with Gasteiger partial charge >= 0.3 is 6.03 Å². The molecule has 5 fully saturated rings. The van der Waals surface area contributed by atoms with Crippen LogP contribution >= 0.6 is 11.6 Å². The highest BCUT2D eigenvalue weighted by atomic mass is 35.5. The van der Waals surface area contributed by atoms with Crippen LogP contribution in [0.15, 0.2) is 24.3 Å². The van der Waals surface area contributed by atoms with Crippen molar-refractivity contribution in [1.29, 1.82) is 0 Å². The Labute approximate surface area is 169 Å². The minimum atomic E-state index is -1.19. The number of imide groups is 1. The highest BCUT2D eigenvalue weighted by Crippen LogP contribution is 2.60. The summed E-state index contributed by atoms with van der Waals surface area (Å²) in [5.41, 5.74) is -0.878. The van der Waals surface area contributed by atoms with E-state index in [0.717, 1.165) is 24.2 Å². The Morgan fingerprint density at radius 3 is 2.32 bits per heavy atom. The highest BCUT2D eigenvalue weighted by molar-refractivity contribution is 6.30. The number of rotatable bonds is 4. The zero-order valence-corrected chi connectivity index (χ0v) is 16.8. The molecule has 1 heterocycles. The van der Waals surface area contributed by atoms with Gasteiger partial charge in [0.2, 0.25) is 0 Å². The molecule has 148 valence electrons. The van der Waals surface area contributed by atoms with Gasteiger partial charge in [0.15, 0.2) is 5.78 Å². The number of nitrogens with zero attached hydrogens (tertiary/aromatic N) is 1. The minimum Gasteiger partial charge on any atom is -0.319 e. The van der Waals surface area contributed by atoms with Crippen molar-refractivity contribution in [3.8, 4) is 0 Å². The van der Waals surface area contributed by atoms with Gasteiger partial charge < -0.3 is 5.32 Å². The first-order valence-electron chi connectivity index (χ1n) is 10.2. The molecule has 6 heteroatoms. The fourth-order valence-electron chi connectivity index (χ4n) is 6.60. The van der Waals surface area contributed by atoms with Crippen LogP contribution in [0.1, 0.15) is 51.0 Å². The number of benzene rings is 1. The van der Waals surface area contributed by atoms with E-state index in [1.807, 2.05) is 0 Å². The Balaban J connectivity index is 1.38. The average Bonchev–Trinajstić information content (AvgIpc) is 2.85. The molecule has 0 spiro atoms. The lowest BCUT2D eigenvalue weighted by Crippen LogP contribution is -2.53. The maximum Gasteiger partial charge on any atom is 0.325 e. The number of nitrogens with one attached hydrogen (secondary N) is 1. The predicted octanol–water partition coefficient (Wildman–Crippen LogP) is 3.89. The van der Waals surface area contributed by atoms with Crippen molar-refractivity contribution in [2.75, 3.05) is 6.54 Å². The molecule has 0 aromatic heterocycles. The van der Waals surface area contributed by atoms with Crippen molar-refractivity contribution in [2.24, 2.45) is 23.2 Å². The number of amides is 3. The molecule has 1 N–H and O–H groups in total. The largest absolute Gasteiger partial charge is 0.325 e. The summed E-state index contributed by atoms with van der Waals surface area (Å²) in [6.45, 7) is 1.56. The van der Waals surface area contributed by atoms with Crippen LogP contribution in [0, 0.1) is 23.2 Å². The molecule has 4 aliphatic carbocycles. The van der Waals surface area contributed by atoms with Crippen LogP contribution in [0.5, 0.6) is 0 Å². The van der Waals surface area contributed by atoms with Crippen molar-refractivity contribution in [3.05, 3.63) is 34.9 Å². The Kier molecular flexibility index (Phi) is 3.93. The predicted molar refractivity (Wildman–Crippen MR) is 105 cm³/mol. The zero-order chi connectivity index (χ0) is 19.7. The number of halogens is 1. The molecule has 4 bridgehead atoms. The zero-order valence-electron chi connectivity index (χ0n) is 16.0. The molecular formula is C22H25ClN2O3. The van der Waals surface area contributed by atoms with E-state index in [9.17, 15) is 14.4 Å². The van der Waals surface area contributed by atoms with E-state index in [0.29, 0.717) is 28.3 Å². The Morgan fingerprint density at radius 1 is 1.14 bits per heavy atom. The van der Waals surface area contributed by atoms with Gasteiger partial charge in [-0.2, -0.15) is 0 Å². The lowest BCUT2D eigenvalue weighted by Gasteiger charge is -2.56. The molecule has 5 nitrogen and oxygen atoms in total. The fourth-order valence-corrected chi connectivity index (χ4v) is 6.79. The van der Waals surface area contributed by atoms with Crippen LogP contribution in [0.4, 0.5) is 4.79 Å². The quantitative estimate of drug-likeness (QED) is 0.779. The fraction of sp³-hybridized carbons (Fsp3) is 0.591. The standard InChI is InChI=1S/C22H25ClN2O3/c1-21(16-3-2-4-17(23)8-16)19(27)25(20(28)24-21)12-18(26)22-9-13-5-14(10-22)7-15(6-13)11-22/h2-4,8,13-15H,5-7,9-12H2,1H3,(H,24,28). The first-order chi connectivity index (χ1) is 13.3. The maximum atomic E-state index is 13.4. The summed E-state index contributed by atoms with van der Waals surface area (Å²) in [6.07, 6.45) is 6.57. The number of Topliss-reactive ketones (excluding diaryl/α,β-unsaturated/α-hetero) is 1. The Bertz CT molecular complexity index is 847. The van der Waals surface area contributed by atoms with Crippen molar-refractivity contribution >= 4 is 29.3 Å². The number of carbonyl (C=O) groups is 3. The molecule has 28 heavy (non-hydrogen) atoms. The van der Waals surface area contributed by atoms with Gasteiger partial charge in [-0.1, -0.05) is 23.7 Å². The second-order valence-electron chi connectivity index (χ2n) is 9.58. The molecular weight excluding hydrogens is 376 g/mol. The van der Waals surface area contributed by atoms with E-state index >= 15 is 0 Å². The van der Waals surface area contributed by atoms with Crippen molar-refractivity contribution in [2.45, 2.75) is 51.0 Å². The lowest BCUT2D eigenvalue weighted by atomic mass is 9.48. The van der Waals surface area contributed by atoms with Crippen LogP contribution in [-0.2, 0) is 15.1 Å². The molecule has 1 aliphatic heterocycles. The molecule has 1 aromatic rings. The van der Waals surface area contributed by atoms with Gasteiger partial charge in [-0.25, -0.2) is 4.79 Å². The second-order valence-corrected chi connectivity index (χ2v) is 10.0. The summed E-state index contributed by atoms with van der Waals surface area (Å²) in [4.78, 5) is 40.3. The van der Waals surface area contributed by atoms with Crippen LogP contribution in [0.2, 0.25) is 5.02 Å². The molecule has 4 saturated carbocycles. The second kappa shape index (κ2) is 6.06. The molecule has 1 atom stereocenters. The first-order valence-corrected chi connectivity index (χ1v) is 10.6. The minimum absolute atomic E-state index is 0.0745. The maximum absolute atomic E-state index is 13.4. The van der Waals surface area contributed by atoms with Gasteiger partial charge in [0.1, 0.15) is 5.54 Å². The van der Waals surface area contributed by atoms with Gasteiger partial charge in [0, 0.05) is 10.4 Å². The van der Waals surface area contributed by atoms with E-state index in [1.54, 1.807) is 31.2 Å². The number of urea groups is 1. The average molecular weight is 401 g/mol. The first kappa shape index (κ1) is 18.2. The molecule has 6 rings (SSSR count). The summed E-state index contributed by atoms with van der Waals surface area (Å²) in [5, 5.41) is 3.28. The molecule has 5 aliphatic rings. The third kappa shape index (κ3) is 2.62. The van der Waals surface area contributed by atoms with Crippen molar-refractivity contribution in [1.82, 2.24) is 10.2 Å². The third-order valence-electron chi connectivity index (χ3n) is 7.61. The normalized spacial score (nSPS) is 38.8. The van der Waals surface area contributed by atoms with E-state index in [-0.39, 0.29) is 23.7 Å². The number of ketones is 1. The van der Waals surface area contributed by atoms with Crippen molar-refractivity contribution < 1.29 is 14.4 Å². The molecule has 1 unspecified atom stereocenters. The van der Waals surface area contributed by atoms with Gasteiger partial charge in [-0.05, 0) is 80.9 Å². The van der Waals surface area contributed by atoms with Crippen molar-refractivity contribution in [3.63, 3.8) is 0 Å². The third-order valence-corrected chi connectivity index (χ3v) is 7.84. The van der Waals surface area contributed by atoms with E-state index in [1.165, 1.54) is 19.3 Å². The highest BCUT2D eigenvalue weighted by Gasteiger charge is 2.56. The molecule has 1 saturated heterocycles. The molecule has 0 radical (unpaired) electrons. The summed E-state index contributed by atoms with van der Waals surface area (Å²) >= 11 is 6.07. The summed E-state index contributed by atoms with van der Waals surface area (Å²) in [7, 11) is 0. The SMILES string of the molecule is CC1(c2cccc(Cl)c2)NC(=O)N(CC(=O)C23CC4CC(CC(C4)C2)C3)C1=O. The van der Waals surface area contributed by atoms with E-state index in [2.05, 4.69) is 5.32 Å². The Hall–Kier alpha value is -1.88. The summed E-state index contributed by atoms with van der Waals surface area (Å²) < 4.78 is 0. The smallest absolute Gasteiger partial charge is 0.319 e. The number of carbonyl (C=O) groups excluding carboxylic acids is 3. The lowest BCUT2D eigenvalue weighted by molar-refractivity contribution is -0.147. The van der Waals surface area contributed by atoms with Gasteiger partial charge in [0.05, 0.1) is 6.54 Å². The topological polar surface area (TPSA) is 66.5 Å². The van der Waals surface area contributed by atoms with Gasteiger partial charge in [-0.3, -0.25) is 14.5 Å². The molecule has 3 amide bonds. The Morgan fingerprint density at radius 2 is 1.75 bits per heavy atom. The van der Waals surface area contributed by atoms with Crippen LogP contribution in [0.25, 0.3) is 0 Å². The summed E-state index contributed by atoms with van der Waals surface area (Å²) in [5.74, 6) is 1.64. The van der Waals surface area contributed by atoms with E-state index in [4.69, 9.17) is 11.6 Å². The van der Waals surface area contributed by atoms with Gasteiger partial charge in [0.25, 0.3) is 5.91 Å². The van der Waals surface area contributed by atoms with Gasteiger partial charge in [-0.15, -0.1) is 0 Å². The number of hydrogen-bond donors (Lipinski definition) is 1. The summed E-state index contributed by atoms with van der Waals surface area (Å²) in [6, 6.07) is 6.44. The monoisotopic (exact) mass is 400 g/mol. The number of hydrogen-bond acceptors (Lipinski definition) is 3. The van der Waals surface area contributed by atoms with Crippen LogP contribution in [-0.4, -0.2) is 29.2 Å². The van der Waals surface area contributed by atoms with Crippen LogP contribution < -0.4 is 5.32 Å².